The van der Waals surface area contributed by atoms with E-state index in [2.05, 4.69) is 5.32 Å². The van der Waals surface area contributed by atoms with E-state index < -0.39 is 17.8 Å². The van der Waals surface area contributed by atoms with Crippen LogP contribution in [0, 0.1) is 11.8 Å². The lowest BCUT2D eigenvalue weighted by molar-refractivity contribution is -0.147. The topological polar surface area (TPSA) is 94.1 Å². The first kappa shape index (κ1) is 15.6. The van der Waals surface area contributed by atoms with Gasteiger partial charge in [-0.25, -0.2) is 0 Å². The number of carboxylic acid groups (broad SMARTS) is 1. The highest BCUT2D eigenvalue weighted by Crippen LogP contribution is 2.44. The maximum absolute atomic E-state index is 12.5. The Balaban J connectivity index is 1.78. The average molecular weight is 321 g/mol. The molecule has 7 nitrogen and oxygen atoms in total. The van der Waals surface area contributed by atoms with Crippen LogP contribution in [0.5, 0.6) is 11.5 Å². The summed E-state index contributed by atoms with van der Waals surface area (Å²) in [5, 5.41) is 12.1. The molecule has 7 heteroatoms. The second kappa shape index (κ2) is 6.08. The van der Waals surface area contributed by atoms with E-state index in [0.29, 0.717) is 23.6 Å². The molecule has 124 valence electrons. The van der Waals surface area contributed by atoms with Crippen LogP contribution in [0.3, 0.4) is 0 Å². The number of amides is 1. The Kier molecular flexibility index (Phi) is 4.12. The Morgan fingerprint density at radius 1 is 1.13 bits per heavy atom. The zero-order valence-corrected chi connectivity index (χ0v) is 12.9. The predicted octanol–water partition coefficient (Wildman–Crippen LogP) is 1.52. The fourth-order valence-electron chi connectivity index (χ4n) is 3.46. The molecule has 0 aliphatic carbocycles. The van der Waals surface area contributed by atoms with Crippen molar-refractivity contribution < 1.29 is 28.9 Å². The van der Waals surface area contributed by atoms with E-state index in [-0.39, 0.29) is 18.1 Å². The highest BCUT2D eigenvalue weighted by Gasteiger charge is 2.55. The van der Waals surface area contributed by atoms with Gasteiger partial charge in [-0.2, -0.15) is 0 Å². The second-order valence-electron chi connectivity index (χ2n) is 5.74. The van der Waals surface area contributed by atoms with Crippen LogP contribution in [-0.4, -0.2) is 43.4 Å². The zero-order chi connectivity index (χ0) is 16.6. The van der Waals surface area contributed by atoms with Gasteiger partial charge in [-0.1, -0.05) is 0 Å². The highest BCUT2D eigenvalue weighted by molar-refractivity contribution is 5.96. The molecule has 2 heterocycles. The van der Waals surface area contributed by atoms with Gasteiger partial charge in [0.2, 0.25) is 5.91 Å². The summed E-state index contributed by atoms with van der Waals surface area (Å²) in [4.78, 5) is 24.0. The van der Waals surface area contributed by atoms with Crippen LogP contribution < -0.4 is 14.8 Å². The van der Waals surface area contributed by atoms with Gasteiger partial charge >= 0.3 is 5.97 Å². The smallest absolute Gasteiger partial charge is 0.310 e. The van der Waals surface area contributed by atoms with Crippen LogP contribution in [0.1, 0.15) is 12.8 Å². The molecule has 1 aromatic carbocycles. The molecule has 2 saturated heterocycles. The quantitative estimate of drug-likeness (QED) is 0.854. The summed E-state index contributed by atoms with van der Waals surface area (Å²) in [6, 6.07) is 5.00. The monoisotopic (exact) mass is 321 g/mol. The molecule has 4 atom stereocenters. The fraction of sp³-hybridized carbons (Fsp3) is 0.500. The molecule has 2 bridgehead atoms. The standard InChI is InChI=1S/C16H19NO6/c1-21-9-4-3-8(7-12(9)22-2)17-15(18)13-10-5-6-11(23-10)14(13)16(19)20/h3-4,7,10-11,13-14H,5-6H2,1-2H3,(H,17,18)(H,19,20)/t10-,11-,13+,14-/m1/s1. The predicted molar refractivity (Wildman–Crippen MR) is 80.7 cm³/mol. The first-order valence-electron chi connectivity index (χ1n) is 7.46. The summed E-state index contributed by atoms with van der Waals surface area (Å²) in [5.41, 5.74) is 0.527. The van der Waals surface area contributed by atoms with E-state index in [1.165, 1.54) is 14.2 Å². The van der Waals surface area contributed by atoms with Gasteiger partial charge in [-0.05, 0) is 25.0 Å². The van der Waals surface area contributed by atoms with E-state index in [9.17, 15) is 14.7 Å². The summed E-state index contributed by atoms with van der Waals surface area (Å²) in [6.45, 7) is 0. The lowest BCUT2D eigenvalue weighted by atomic mass is 9.78. The Labute approximate surface area is 133 Å². The zero-order valence-electron chi connectivity index (χ0n) is 12.9. The summed E-state index contributed by atoms with van der Waals surface area (Å²) >= 11 is 0. The van der Waals surface area contributed by atoms with E-state index >= 15 is 0 Å². The van der Waals surface area contributed by atoms with Gasteiger partial charge in [-0.15, -0.1) is 0 Å². The van der Waals surface area contributed by atoms with Crippen molar-refractivity contribution in [2.75, 3.05) is 19.5 Å². The molecule has 0 spiro atoms. The van der Waals surface area contributed by atoms with Crippen molar-refractivity contribution in [1.82, 2.24) is 0 Å². The third-order valence-electron chi connectivity index (χ3n) is 4.51. The molecule has 0 unspecified atom stereocenters. The molecular weight excluding hydrogens is 302 g/mol. The van der Waals surface area contributed by atoms with Gasteiger partial charge in [0.15, 0.2) is 11.5 Å². The third kappa shape index (κ3) is 2.72. The van der Waals surface area contributed by atoms with Gasteiger partial charge in [0, 0.05) is 11.8 Å². The lowest BCUT2D eigenvalue weighted by Crippen LogP contribution is -2.40. The molecule has 2 aliphatic rings. The van der Waals surface area contributed by atoms with Gasteiger partial charge in [-0.3, -0.25) is 9.59 Å². The van der Waals surface area contributed by atoms with Crippen LogP contribution in [0.25, 0.3) is 0 Å². The molecular formula is C16H19NO6. The minimum absolute atomic E-state index is 0.318. The molecule has 2 aliphatic heterocycles. The van der Waals surface area contributed by atoms with Gasteiger partial charge in [0.25, 0.3) is 0 Å². The molecule has 3 rings (SSSR count). The van der Waals surface area contributed by atoms with Crippen LogP contribution in [0.15, 0.2) is 18.2 Å². The van der Waals surface area contributed by atoms with Crippen molar-refractivity contribution in [2.45, 2.75) is 25.0 Å². The molecule has 1 amide bonds. The number of fused-ring (bicyclic) bond motifs is 2. The van der Waals surface area contributed by atoms with Gasteiger partial charge in [0.1, 0.15) is 0 Å². The maximum atomic E-state index is 12.5. The Hall–Kier alpha value is -2.28. The Morgan fingerprint density at radius 2 is 1.78 bits per heavy atom. The number of rotatable bonds is 5. The minimum atomic E-state index is -0.982. The maximum Gasteiger partial charge on any atom is 0.310 e. The number of ether oxygens (including phenoxy) is 3. The van der Waals surface area contributed by atoms with E-state index in [4.69, 9.17) is 14.2 Å². The summed E-state index contributed by atoms with van der Waals surface area (Å²) in [7, 11) is 3.04. The molecule has 0 saturated carbocycles. The lowest BCUT2D eigenvalue weighted by Gasteiger charge is -2.24. The summed E-state index contributed by atoms with van der Waals surface area (Å²) in [5.74, 6) is -1.73. The van der Waals surface area contributed by atoms with Crippen molar-refractivity contribution in [3.8, 4) is 11.5 Å². The summed E-state index contributed by atoms with van der Waals surface area (Å²) in [6.07, 6.45) is 0.736. The number of hydrogen-bond acceptors (Lipinski definition) is 5. The van der Waals surface area contributed by atoms with Crippen LogP contribution in [-0.2, 0) is 14.3 Å². The van der Waals surface area contributed by atoms with Crippen LogP contribution in [0.2, 0.25) is 0 Å². The number of carbonyl (C=O) groups is 2. The van der Waals surface area contributed by atoms with Crippen molar-refractivity contribution in [1.29, 1.82) is 0 Å². The van der Waals surface area contributed by atoms with Crippen molar-refractivity contribution in [2.24, 2.45) is 11.8 Å². The van der Waals surface area contributed by atoms with Crippen molar-refractivity contribution >= 4 is 17.6 Å². The first-order valence-corrected chi connectivity index (χ1v) is 7.46. The van der Waals surface area contributed by atoms with E-state index in [0.717, 1.165) is 6.42 Å². The fourth-order valence-corrected chi connectivity index (χ4v) is 3.46. The normalized spacial score (nSPS) is 28.4. The number of hydrogen-bond donors (Lipinski definition) is 2. The highest BCUT2D eigenvalue weighted by atomic mass is 16.5. The third-order valence-corrected chi connectivity index (χ3v) is 4.51. The number of nitrogens with one attached hydrogen (secondary N) is 1. The van der Waals surface area contributed by atoms with E-state index in [1.54, 1.807) is 18.2 Å². The van der Waals surface area contributed by atoms with Gasteiger partial charge in [0.05, 0.1) is 38.3 Å². The number of carboxylic acids is 1. The molecule has 1 aromatic rings. The Bertz CT molecular complexity index is 631. The van der Waals surface area contributed by atoms with Crippen molar-refractivity contribution in [3.63, 3.8) is 0 Å². The largest absolute Gasteiger partial charge is 0.493 e. The number of aliphatic carboxylic acids is 1. The minimum Gasteiger partial charge on any atom is -0.493 e. The molecule has 0 radical (unpaired) electrons. The Morgan fingerprint density at radius 3 is 2.39 bits per heavy atom. The molecule has 23 heavy (non-hydrogen) atoms. The number of carbonyl (C=O) groups excluding carboxylic acids is 1. The van der Waals surface area contributed by atoms with Crippen molar-refractivity contribution in [3.05, 3.63) is 18.2 Å². The second-order valence-corrected chi connectivity index (χ2v) is 5.74. The SMILES string of the molecule is COc1ccc(NC(=O)[C@@H]2[C@H](C(=O)O)[C@H]3CC[C@H]2O3)cc1OC. The number of anilines is 1. The van der Waals surface area contributed by atoms with Gasteiger partial charge < -0.3 is 24.6 Å². The number of methoxy groups -OCH3 is 2. The first-order chi connectivity index (χ1) is 11.0. The summed E-state index contributed by atoms with van der Waals surface area (Å²) < 4.78 is 16.0. The van der Waals surface area contributed by atoms with Crippen LogP contribution in [0.4, 0.5) is 5.69 Å². The molecule has 0 aromatic heterocycles. The molecule has 2 N–H and O–H groups in total. The average Bonchev–Trinajstić information content (AvgIpc) is 3.15. The van der Waals surface area contributed by atoms with E-state index in [1.807, 2.05) is 0 Å². The molecule has 2 fully saturated rings. The number of benzene rings is 1. The van der Waals surface area contributed by atoms with Crippen LogP contribution >= 0.6 is 0 Å².